The van der Waals surface area contributed by atoms with Crippen molar-refractivity contribution < 1.29 is 62.5 Å². The minimum atomic E-state index is -4.68. The van der Waals surface area contributed by atoms with Crippen LogP contribution in [0.1, 0.15) is 77.9 Å². The van der Waals surface area contributed by atoms with Gasteiger partial charge in [0.15, 0.2) is 59.2 Å². The topological polar surface area (TPSA) is 319 Å². The molecule has 0 amide bonds. The van der Waals surface area contributed by atoms with E-state index in [1.165, 1.54) is 64.7 Å². The van der Waals surface area contributed by atoms with Crippen LogP contribution in [0.5, 0.6) is 17.2 Å². The number of aliphatic imine (C=N–C) groups is 8. The van der Waals surface area contributed by atoms with Crippen molar-refractivity contribution in [2.45, 2.75) is 98.8 Å². The first-order valence-corrected chi connectivity index (χ1v) is 42.4. The first-order valence-electron chi connectivity index (χ1n) is 41.6. The zero-order chi connectivity index (χ0) is 92.4. The quantitative estimate of drug-likeness (QED) is 0.0335. The molecule has 694 valence electrons. The summed E-state index contributed by atoms with van der Waals surface area (Å²) in [6.07, 6.45) is -13.7. The highest BCUT2D eigenvalue weighted by molar-refractivity contribution is 6.32. The number of nitrogens with zero attached hydrogens (tertiary/aromatic N) is 8. The molecule has 0 bridgehead atoms. The number of rotatable bonds is 19. The fourth-order valence-electron chi connectivity index (χ4n) is 12.7. The van der Waals surface area contributed by atoms with Crippen molar-refractivity contribution in [2.75, 3.05) is 119 Å². The molecule has 8 heterocycles. The maximum absolute atomic E-state index is 13.6. The van der Waals surface area contributed by atoms with Gasteiger partial charge in [-0.1, -0.05) is 151 Å². The van der Waals surface area contributed by atoms with E-state index in [-0.39, 0.29) is 42.3 Å². The highest BCUT2D eigenvalue weighted by Crippen LogP contribution is 2.35. The standard InChI is InChI=1S/C12H17N3O2.C12H17N3.2C11H14ClN3.C11H11F4N3.C11H12F3N3O.C11H12F3N3.C10H12FN3/c1-16-10-5-3-4-9(11(10)17-2)8-15-12-13-6-7-14-12;1-9-4-3-5-11(10(9)2)8-15-12-13-6-7-14-12;1-8-9(3-2-4-10(8)12)7-15-11-13-5-6-14-11;1-8-3-2-4-9(10(8)12)7-15-11-13-5-6-14-11;12-9-7(6-18-10-16-4-5-17-10)2-1-3-8(9)11(13,14)15;12-11(13,14)18-9-4-2-1-3-8(9)7-17-10-15-5-6-16-10;12-11(13,14)9-4-2-1-3-8(9)7-17-10-15-5-6-16-10;11-9-4-2-1-3-8(9)7-14-10-12-5-6-13-10/h3-5H,6-8H2,1-2H3,(H2,13,14,15);3-5H,6-8H2,1-2H3,(H2,13,14,15);2*2-4H,5-7H2,1H3,(H2,13,14,15);1-3H,4-6H2,(H2,16,17,18);1-4H,5-7H2,(H2,15,16,17);1-4H,5-7H2,(H2,15,16,17);1-4H,5-7H2,(H2,12,13,14). The summed E-state index contributed by atoms with van der Waals surface area (Å²) >= 11 is 12.2. The number of para-hydroxylation sites is 2. The van der Waals surface area contributed by atoms with Gasteiger partial charge in [-0.05, 0) is 109 Å². The summed E-state index contributed by atoms with van der Waals surface area (Å²) in [4.78, 5) is 33.4. The highest BCUT2D eigenvalue weighted by Gasteiger charge is 2.36. The van der Waals surface area contributed by atoms with Crippen molar-refractivity contribution in [3.05, 3.63) is 263 Å². The van der Waals surface area contributed by atoms with Gasteiger partial charge in [-0.2, -0.15) is 26.3 Å². The normalized spacial score (nSPS) is 14.8. The van der Waals surface area contributed by atoms with E-state index in [9.17, 15) is 48.3 Å². The van der Waals surface area contributed by atoms with Crippen LogP contribution in [0.4, 0.5) is 48.3 Å². The molecule has 40 heteroatoms. The summed E-state index contributed by atoms with van der Waals surface area (Å²) in [5, 5.41) is 50.7. The van der Waals surface area contributed by atoms with Gasteiger partial charge in [0, 0.05) is 137 Å². The Morgan fingerprint density at radius 2 is 0.620 bits per heavy atom. The Morgan fingerprint density at radius 1 is 0.310 bits per heavy atom. The Bertz CT molecular complexity index is 4990. The van der Waals surface area contributed by atoms with Crippen LogP contribution in [0, 0.1) is 39.3 Å². The van der Waals surface area contributed by atoms with Crippen LogP contribution < -0.4 is 99.3 Å². The predicted octanol–water partition coefficient (Wildman–Crippen LogP) is 11.7. The molecule has 0 aliphatic carbocycles. The van der Waals surface area contributed by atoms with E-state index < -0.39 is 35.7 Å². The lowest BCUT2D eigenvalue weighted by molar-refractivity contribution is -0.274. The lowest BCUT2D eigenvalue weighted by Crippen LogP contribution is -2.33. The molecule has 0 fully saturated rings. The maximum Gasteiger partial charge on any atom is 0.573 e. The third kappa shape index (κ3) is 34.3. The average Bonchev–Trinajstić information content (AvgIpc) is 1.78. The van der Waals surface area contributed by atoms with Gasteiger partial charge in [-0.25, -0.2) is 8.78 Å². The lowest BCUT2D eigenvalue weighted by Gasteiger charge is -2.14. The van der Waals surface area contributed by atoms with Crippen LogP contribution in [0.15, 0.2) is 204 Å². The number of alkyl halides is 9. The predicted molar refractivity (Wildman–Crippen MR) is 487 cm³/mol. The van der Waals surface area contributed by atoms with Crippen LogP contribution in [0.3, 0.4) is 0 Å². The Balaban J connectivity index is 0.000000166. The minimum Gasteiger partial charge on any atom is -0.493 e. The second kappa shape index (κ2) is 51.8. The van der Waals surface area contributed by atoms with Crippen LogP contribution in [-0.4, -0.2) is 173 Å². The number of benzene rings is 8. The zero-order valence-corrected chi connectivity index (χ0v) is 73.8. The van der Waals surface area contributed by atoms with E-state index in [0.717, 1.165) is 177 Å². The third-order valence-corrected chi connectivity index (χ3v) is 20.6. The van der Waals surface area contributed by atoms with Crippen LogP contribution in [0.2, 0.25) is 10.0 Å². The number of halogens is 13. The molecule has 0 unspecified atom stereocenters. The molecule has 8 aliphatic rings. The summed E-state index contributed by atoms with van der Waals surface area (Å²) < 4.78 is 153. The minimum absolute atomic E-state index is 0.0401. The van der Waals surface area contributed by atoms with Gasteiger partial charge in [0.2, 0.25) is 0 Å². The van der Waals surface area contributed by atoms with E-state index in [2.05, 4.69) is 168 Å². The zero-order valence-electron chi connectivity index (χ0n) is 72.3. The van der Waals surface area contributed by atoms with Crippen molar-refractivity contribution in [3.8, 4) is 17.2 Å². The van der Waals surface area contributed by atoms with Gasteiger partial charge in [0.05, 0.1) is 77.7 Å². The van der Waals surface area contributed by atoms with Crippen LogP contribution in [0.25, 0.3) is 0 Å². The van der Waals surface area contributed by atoms with Crippen molar-refractivity contribution in [1.82, 2.24) is 85.1 Å². The smallest absolute Gasteiger partial charge is 0.493 e. The molecule has 0 aromatic heterocycles. The molecule has 16 rings (SSSR count). The van der Waals surface area contributed by atoms with E-state index >= 15 is 0 Å². The van der Waals surface area contributed by atoms with Crippen LogP contribution in [-0.2, 0) is 64.7 Å². The maximum atomic E-state index is 13.6. The molecule has 27 nitrogen and oxygen atoms in total. The summed E-state index contributed by atoms with van der Waals surface area (Å²) in [6.45, 7) is 24.9. The number of aryl methyl sites for hydroxylation is 2. The molecule has 16 N–H and O–H groups in total. The highest BCUT2D eigenvalue weighted by atomic mass is 35.5. The Hall–Kier alpha value is -12.9. The van der Waals surface area contributed by atoms with E-state index in [0.29, 0.717) is 74.8 Å². The van der Waals surface area contributed by atoms with Crippen molar-refractivity contribution >= 4 is 70.9 Å². The second-order valence-corrected chi connectivity index (χ2v) is 29.6. The fraction of sp³-hybridized carbons (Fsp3) is 0.371. The van der Waals surface area contributed by atoms with E-state index in [1.54, 1.807) is 44.6 Å². The SMILES string of the molecule is COc1cccc(CNC2=NCCN2)c1OC.Cc1c(Cl)cccc1CNC1=NCCN1.Cc1cccc(CNC2=NCCN2)c1C.Cc1cccc(CNC2=NCCN2)c1Cl.FC(F)(F)Oc1ccccc1CNC1=NCCN1.FC(F)(F)c1ccccc1CNC1=NCCN1.Fc1c(CNC2=NCCN2)cccc1C(F)(F)F.Fc1ccccc1CNC1=NCCN1. The third-order valence-electron chi connectivity index (χ3n) is 19.7. The number of guanidine groups is 8. The average molecular weight is 1840 g/mol. The molecule has 129 heavy (non-hydrogen) atoms. The molecular weight excluding hydrogens is 1730 g/mol. The second-order valence-electron chi connectivity index (χ2n) is 28.8. The first-order chi connectivity index (χ1) is 62.1. The molecule has 8 aliphatic heterocycles. The lowest BCUT2D eigenvalue weighted by atomic mass is 10.0. The van der Waals surface area contributed by atoms with Crippen molar-refractivity contribution in [3.63, 3.8) is 0 Å². The molecule has 8 aromatic rings. The molecular formula is C89H109Cl2F11N24O3. The molecule has 0 saturated carbocycles. The van der Waals surface area contributed by atoms with Gasteiger partial charge < -0.3 is 99.3 Å². The summed E-state index contributed by atoms with van der Waals surface area (Å²) in [7, 11) is 3.28. The van der Waals surface area contributed by atoms with Gasteiger partial charge in [0.25, 0.3) is 0 Å². The fourth-order valence-corrected chi connectivity index (χ4v) is 13.1. The Kier molecular flexibility index (Phi) is 40.1. The summed E-state index contributed by atoms with van der Waals surface area (Å²) in [5.74, 6) is 5.80. The molecule has 8 aromatic carbocycles. The monoisotopic (exact) mass is 1840 g/mol. The van der Waals surface area contributed by atoms with Crippen LogP contribution >= 0.6 is 23.2 Å². The number of hydrogen-bond donors (Lipinski definition) is 16. The number of methoxy groups -OCH3 is 2. The van der Waals surface area contributed by atoms with Gasteiger partial charge in [-0.15, -0.1) is 13.2 Å². The van der Waals surface area contributed by atoms with E-state index in [1.807, 2.05) is 68.4 Å². The summed E-state index contributed by atoms with van der Waals surface area (Å²) in [6, 6.07) is 45.7. The summed E-state index contributed by atoms with van der Waals surface area (Å²) in [5.41, 5.74) is 9.05. The number of hydrogen-bond acceptors (Lipinski definition) is 27. The molecule has 0 atom stereocenters. The molecule has 0 spiro atoms. The Morgan fingerprint density at radius 3 is 1.05 bits per heavy atom. The van der Waals surface area contributed by atoms with Crippen molar-refractivity contribution in [2.24, 2.45) is 39.9 Å². The van der Waals surface area contributed by atoms with Gasteiger partial charge >= 0.3 is 18.7 Å². The first kappa shape index (κ1) is 99.9. The van der Waals surface area contributed by atoms with Gasteiger partial charge in [0.1, 0.15) is 17.4 Å². The van der Waals surface area contributed by atoms with Crippen molar-refractivity contribution in [1.29, 1.82) is 0 Å². The van der Waals surface area contributed by atoms with E-state index in [4.69, 9.17) is 32.7 Å². The largest absolute Gasteiger partial charge is 0.573 e. The molecule has 0 saturated heterocycles. The van der Waals surface area contributed by atoms with Gasteiger partial charge in [-0.3, -0.25) is 39.9 Å². The number of nitrogens with one attached hydrogen (secondary N) is 16. The Labute approximate surface area is 753 Å². The number of ether oxygens (including phenoxy) is 3. The molecule has 0 radical (unpaired) electrons.